The molecule has 6 heteroatoms. The van der Waals surface area contributed by atoms with Gasteiger partial charge in [-0.3, -0.25) is 9.59 Å². The van der Waals surface area contributed by atoms with Gasteiger partial charge >= 0.3 is 0 Å². The highest BCUT2D eigenvalue weighted by Gasteiger charge is 2.67. The molecule has 1 aromatic heterocycles. The van der Waals surface area contributed by atoms with Crippen LogP contribution >= 0.6 is 0 Å². The van der Waals surface area contributed by atoms with Gasteiger partial charge in [0.05, 0.1) is 34.5 Å². The predicted octanol–water partition coefficient (Wildman–Crippen LogP) is 8.30. The maximum Gasteiger partial charge on any atom is 0.192 e. The van der Waals surface area contributed by atoms with E-state index < -0.39 is 34.9 Å². The number of fused-ring (bicyclic) bond motifs is 11. The third-order valence-corrected chi connectivity index (χ3v) is 14.6. The molecule has 4 aliphatic carbocycles. The molecule has 2 N–H and O–H groups in total. The number of aldehydes is 1. The van der Waals surface area contributed by atoms with Crippen molar-refractivity contribution < 1.29 is 24.5 Å². The van der Waals surface area contributed by atoms with Crippen LogP contribution in [0.15, 0.2) is 48.1 Å². The molecule has 0 bridgehead atoms. The Bertz CT molecular complexity index is 1970. The number of rotatable bonds is 4. The Morgan fingerprint density at radius 3 is 2.45 bits per heavy atom. The topological polar surface area (TPSA) is 88.8 Å². The zero-order chi connectivity index (χ0) is 35.4. The van der Waals surface area contributed by atoms with Crippen molar-refractivity contribution in [1.82, 2.24) is 4.57 Å². The molecule has 2 unspecified atom stereocenters. The van der Waals surface area contributed by atoms with Crippen molar-refractivity contribution in [1.29, 1.82) is 0 Å². The molecule has 0 spiro atoms. The van der Waals surface area contributed by atoms with Crippen molar-refractivity contribution in [2.24, 2.45) is 28.6 Å². The number of ether oxygens (including phenoxy) is 1. The Morgan fingerprint density at radius 1 is 1.06 bits per heavy atom. The van der Waals surface area contributed by atoms with Gasteiger partial charge in [0.25, 0.3) is 0 Å². The number of carbonyl (C=O) groups is 2. The van der Waals surface area contributed by atoms with Crippen LogP contribution in [0.5, 0.6) is 0 Å². The van der Waals surface area contributed by atoms with Gasteiger partial charge in [-0.05, 0) is 125 Å². The van der Waals surface area contributed by atoms with Gasteiger partial charge in [-0.15, -0.1) is 0 Å². The summed E-state index contributed by atoms with van der Waals surface area (Å²) < 4.78 is 8.89. The van der Waals surface area contributed by atoms with Gasteiger partial charge in [-0.2, -0.15) is 0 Å². The van der Waals surface area contributed by atoms with E-state index in [9.17, 15) is 19.8 Å². The van der Waals surface area contributed by atoms with Crippen LogP contribution in [0.4, 0.5) is 0 Å². The molecule has 49 heavy (non-hydrogen) atoms. The first-order chi connectivity index (χ1) is 22.8. The first-order valence-electron chi connectivity index (χ1n) is 18.4. The number of Topliss-reactive ketones (excluding diaryl/α,β-unsaturated/α-hetero) is 1. The largest absolute Gasteiger partial charge is 0.392 e. The zero-order valence-corrected chi connectivity index (χ0v) is 30.7. The SMILES string of the molecule is C=C(C)[C@H]1C(=O)c2c3c(cc4c5c(n1c24)[C@@]1(C)C(CC[C@H]2[C@](C)(/C=C/C=C(\C)C=O)[C@@H](O)CC[C@@]21C)C5)C1=CC(C)(C)OC(C)(C)C1[C@@H]3O. The second-order valence-corrected chi connectivity index (χ2v) is 18.2. The van der Waals surface area contributed by atoms with Crippen molar-refractivity contribution in [2.75, 3.05) is 0 Å². The van der Waals surface area contributed by atoms with Gasteiger partial charge in [0.15, 0.2) is 5.78 Å². The zero-order valence-electron chi connectivity index (χ0n) is 30.7. The molecule has 0 saturated heterocycles. The van der Waals surface area contributed by atoms with Crippen LogP contribution in [0.2, 0.25) is 0 Å². The molecule has 0 amide bonds. The lowest BCUT2D eigenvalue weighted by Gasteiger charge is -2.64. The number of carbonyl (C=O) groups excluding carboxylic acids is 2. The fourth-order valence-electron chi connectivity index (χ4n) is 12.6. The molecular weight excluding hydrogens is 610 g/mol. The van der Waals surface area contributed by atoms with E-state index in [1.54, 1.807) is 6.92 Å². The number of allylic oxidation sites excluding steroid dienone is 4. The molecular formula is C43H53NO5. The van der Waals surface area contributed by atoms with Crippen LogP contribution in [0, 0.1) is 28.6 Å². The van der Waals surface area contributed by atoms with Crippen LogP contribution in [-0.2, 0) is 21.4 Å². The van der Waals surface area contributed by atoms with E-state index in [1.165, 1.54) is 11.3 Å². The summed E-state index contributed by atoms with van der Waals surface area (Å²) in [6, 6.07) is 1.79. The number of aliphatic hydroxyl groups excluding tert-OH is 2. The highest BCUT2D eigenvalue weighted by molar-refractivity contribution is 6.18. The number of aromatic nitrogens is 1. The third-order valence-electron chi connectivity index (χ3n) is 14.6. The Kier molecular flexibility index (Phi) is 6.79. The molecule has 2 aromatic rings. The average molecular weight is 664 g/mol. The maximum absolute atomic E-state index is 14.8. The van der Waals surface area contributed by atoms with E-state index in [0.29, 0.717) is 23.5 Å². The summed E-state index contributed by atoms with van der Waals surface area (Å²) >= 11 is 0. The summed E-state index contributed by atoms with van der Waals surface area (Å²) in [5.74, 6) is 0.384. The summed E-state index contributed by atoms with van der Waals surface area (Å²) in [5.41, 5.74) is 6.59. The molecule has 2 aliphatic heterocycles. The van der Waals surface area contributed by atoms with E-state index in [1.807, 2.05) is 19.1 Å². The normalized spacial score (nSPS) is 39.8. The van der Waals surface area contributed by atoms with E-state index >= 15 is 0 Å². The molecule has 9 atom stereocenters. The van der Waals surface area contributed by atoms with Gasteiger partial charge in [-0.25, -0.2) is 0 Å². The summed E-state index contributed by atoms with van der Waals surface area (Å²) in [5, 5.41) is 24.9. The summed E-state index contributed by atoms with van der Waals surface area (Å²) in [6.45, 7) is 23.5. The highest BCUT2D eigenvalue weighted by Crippen LogP contribution is 2.71. The summed E-state index contributed by atoms with van der Waals surface area (Å²) in [7, 11) is 0. The van der Waals surface area contributed by atoms with Crippen LogP contribution in [0.3, 0.4) is 0 Å². The van der Waals surface area contributed by atoms with E-state index in [2.05, 4.69) is 77.8 Å². The van der Waals surface area contributed by atoms with Crippen LogP contribution < -0.4 is 0 Å². The molecule has 6 aliphatic rings. The Labute approximate surface area is 291 Å². The van der Waals surface area contributed by atoms with E-state index in [0.717, 1.165) is 65.1 Å². The lowest BCUT2D eigenvalue weighted by Crippen LogP contribution is -2.62. The molecule has 8 rings (SSSR count). The quantitative estimate of drug-likeness (QED) is 0.149. The second kappa shape index (κ2) is 10.0. The minimum Gasteiger partial charge on any atom is -0.392 e. The lowest BCUT2D eigenvalue weighted by atomic mass is 9.40. The molecule has 2 fully saturated rings. The molecule has 2 saturated carbocycles. The maximum atomic E-state index is 14.8. The molecule has 1 aromatic carbocycles. The number of hydrogen-bond acceptors (Lipinski definition) is 5. The first kappa shape index (κ1) is 33.1. The van der Waals surface area contributed by atoms with Crippen LogP contribution in [0.1, 0.15) is 133 Å². The molecule has 6 nitrogen and oxygen atoms in total. The Balaban J connectivity index is 1.38. The smallest absolute Gasteiger partial charge is 0.192 e. The third kappa shape index (κ3) is 3.94. The summed E-state index contributed by atoms with van der Waals surface area (Å²) in [6.07, 6.45) is 12.3. The van der Waals surface area contributed by atoms with Crippen molar-refractivity contribution in [3.63, 3.8) is 0 Å². The fourth-order valence-corrected chi connectivity index (χ4v) is 12.6. The molecule has 260 valence electrons. The van der Waals surface area contributed by atoms with Crippen molar-refractivity contribution >= 4 is 28.5 Å². The minimum absolute atomic E-state index is 0.0390. The van der Waals surface area contributed by atoms with Gasteiger partial charge in [0.1, 0.15) is 12.3 Å². The Hall–Kier alpha value is -3.06. The first-order valence-corrected chi connectivity index (χ1v) is 18.4. The Morgan fingerprint density at radius 2 is 1.78 bits per heavy atom. The number of aliphatic hydroxyl groups is 2. The average Bonchev–Trinajstić information content (AvgIpc) is 3.67. The standard InChI is InChI=1S/C43H53NO5/c1-22(2)34-37(48)32-31-25(28-20-39(4,5)49-40(6,7)33(28)36(31)47)19-26-27-18-24-13-14-29-41(8,16-11-12-23(3)21-45)30(46)15-17-42(29,9)43(24,10)38(27)44(34)35(26)32/h11-12,16,19-21,24,29-30,33-34,36,46-47H,1,13-15,17-18H2,2-10H3/b16-11+,23-12+/t24?,29-,30-,33?,34-,36+,41-,42-,43+/m0/s1. The summed E-state index contributed by atoms with van der Waals surface area (Å²) in [4.78, 5) is 26.2. The van der Waals surface area contributed by atoms with Crippen molar-refractivity contribution in [2.45, 2.75) is 129 Å². The lowest BCUT2D eigenvalue weighted by molar-refractivity contribution is -0.144. The fraction of sp³-hybridized carbons (Fsp3) is 0.581. The number of ketones is 1. The van der Waals surface area contributed by atoms with Crippen molar-refractivity contribution in [3.8, 4) is 0 Å². The van der Waals surface area contributed by atoms with Gasteiger partial charge in [-0.1, -0.05) is 51.2 Å². The van der Waals surface area contributed by atoms with Crippen LogP contribution in [0.25, 0.3) is 16.5 Å². The molecule has 0 radical (unpaired) electrons. The van der Waals surface area contributed by atoms with E-state index in [-0.39, 0.29) is 28.4 Å². The van der Waals surface area contributed by atoms with E-state index in [4.69, 9.17) is 4.74 Å². The van der Waals surface area contributed by atoms with Crippen molar-refractivity contribution in [3.05, 3.63) is 76.0 Å². The van der Waals surface area contributed by atoms with Crippen LogP contribution in [-0.4, -0.2) is 44.2 Å². The van der Waals surface area contributed by atoms with Gasteiger partial charge in [0, 0.05) is 33.4 Å². The van der Waals surface area contributed by atoms with Gasteiger partial charge < -0.3 is 19.5 Å². The monoisotopic (exact) mass is 663 g/mol. The number of benzene rings is 1. The van der Waals surface area contributed by atoms with Gasteiger partial charge in [0.2, 0.25) is 0 Å². The minimum atomic E-state index is -0.845. The number of nitrogens with zero attached hydrogens (tertiary/aromatic N) is 1. The highest BCUT2D eigenvalue weighted by atomic mass is 16.5. The number of hydrogen-bond donors (Lipinski definition) is 2. The second-order valence-electron chi connectivity index (χ2n) is 18.2. The molecule has 3 heterocycles. The predicted molar refractivity (Wildman–Crippen MR) is 193 cm³/mol.